The van der Waals surface area contributed by atoms with Crippen molar-refractivity contribution in [3.8, 4) is 5.75 Å². The lowest BCUT2D eigenvalue weighted by atomic mass is 9.75. The summed E-state index contributed by atoms with van der Waals surface area (Å²) in [6, 6.07) is 31.1. The maximum Gasteiger partial charge on any atom is 0.343 e. The molecule has 0 amide bonds. The van der Waals surface area contributed by atoms with E-state index in [9.17, 15) is 24.0 Å². The molecule has 0 atom stereocenters. The minimum absolute atomic E-state index is 0.0588. The number of ether oxygens (including phenoxy) is 3. The number of hydrogen-bond acceptors (Lipinski definition) is 8. The van der Waals surface area contributed by atoms with Crippen LogP contribution in [0.15, 0.2) is 126 Å². The summed E-state index contributed by atoms with van der Waals surface area (Å²) in [4.78, 5) is 69.3. The van der Waals surface area contributed by atoms with Crippen molar-refractivity contribution < 1.29 is 38.2 Å². The number of benzene rings is 5. The first-order valence-corrected chi connectivity index (χ1v) is 15.8. The van der Waals surface area contributed by atoms with Crippen LogP contribution in [0.4, 0.5) is 0 Å². The number of ketones is 2. The Labute approximate surface area is 287 Å². The van der Waals surface area contributed by atoms with Gasteiger partial charge in [-0.15, -0.1) is 0 Å². The van der Waals surface area contributed by atoms with Crippen molar-refractivity contribution in [2.75, 3.05) is 0 Å². The Kier molecular flexibility index (Phi) is 8.13. The van der Waals surface area contributed by atoms with E-state index in [1.54, 1.807) is 110 Å². The number of allylic oxidation sites excluding steroid dienone is 2. The smallest absolute Gasteiger partial charge is 0.343 e. The van der Waals surface area contributed by atoms with Crippen molar-refractivity contribution in [3.63, 3.8) is 0 Å². The van der Waals surface area contributed by atoms with Crippen LogP contribution >= 0.6 is 0 Å². The van der Waals surface area contributed by atoms with Gasteiger partial charge < -0.3 is 14.2 Å². The first-order chi connectivity index (χ1) is 24.1. The van der Waals surface area contributed by atoms with Gasteiger partial charge in [0, 0.05) is 27.8 Å². The Morgan fingerprint density at radius 2 is 0.900 bits per heavy atom. The van der Waals surface area contributed by atoms with Crippen molar-refractivity contribution in [2.45, 2.75) is 20.8 Å². The van der Waals surface area contributed by atoms with Gasteiger partial charge in [-0.1, -0.05) is 77.9 Å². The standard InChI is InChI=1S/C42H28O8/c1-23-13-17-27(18-14-23)41(46)49-38-30-12-8-7-11-29(30)36(43)35-34(38)37(44)31-21-22-32(48-40(45)26-9-5-4-6-10-26)25(3)33(31)39(35)50-42(47)28-19-15-24(2)16-20-28/h4-22H,1-3H3. The third kappa shape index (κ3) is 5.62. The number of hydrogen-bond donors (Lipinski definition) is 0. The predicted octanol–water partition coefficient (Wildman–Crippen LogP) is 8.06. The fraction of sp³-hybridized carbons (Fsp3) is 0.0714. The lowest BCUT2D eigenvalue weighted by Gasteiger charge is -2.30. The summed E-state index contributed by atoms with van der Waals surface area (Å²) >= 11 is 0. The molecule has 0 unspecified atom stereocenters. The molecule has 5 aromatic carbocycles. The molecule has 0 saturated carbocycles. The van der Waals surface area contributed by atoms with Gasteiger partial charge in [0.1, 0.15) is 5.75 Å². The van der Waals surface area contributed by atoms with E-state index >= 15 is 0 Å². The van der Waals surface area contributed by atoms with Crippen molar-refractivity contribution in [1.29, 1.82) is 0 Å². The molecule has 8 nitrogen and oxygen atoms in total. The monoisotopic (exact) mass is 660 g/mol. The summed E-state index contributed by atoms with van der Waals surface area (Å²) in [5.41, 5.74) is 2.94. The molecule has 8 heteroatoms. The van der Waals surface area contributed by atoms with Crippen molar-refractivity contribution >= 4 is 41.0 Å². The van der Waals surface area contributed by atoms with Crippen molar-refractivity contribution in [2.24, 2.45) is 0 Å². The average Bonchev–Trinajstić information content (AvgIpc) is 3.13. The summed E-state index contributed by atoms with van der Waals surface area (Å²) in [5.74, 6) is -3.69. The molecule has 0 bridgehead atoms. The minimum atomic E-state index is -0.789. The molecule has 2 aliphatic rings. The zero-order valence-electron chi connectivity index (χ0n) is 27.2. The lowest BCUT2D eigenvalue weighted by Crippen LogP contribution is -2.29. The quantitative estimate of drug-likeness (QED) is 0.133. The molecule has 0 fully saturated rings. The minimum Gasteiger partial charge on any atom is -0.423 e. The van der Waals surface area contributed by atoms with Gasteiger partial charge >= 0.3 is 17.9 Å². The lowest BCUT2D eigenvalue weighted by molar-refractivity contribution is 0.0671. The van der Waals surface area contributed by atoms with E-state index in [-0.39, 0.29) is 67.4 Å². The first kappa shape index (κ1) is 31.9. The average molecular weight is 661 g/mol. The fourth-order valence-electron chi connectivity index (χ4n) is 5.98. The molecular formula is C42H28O8. The zero-order valence-corrected chi connectivity index (χ0v) is 27.2. The molecule has 50 heavy (non-hydrogen) atoms. The highest BCUT2D eigenvalue weighted by Gasteiger charge is 2.44. The van der Waals surface area contributed by atoms with Crippen LogP contribution in [0.5, 0.6) is 5.75 Å². The molecule has 244 valence electrons. The van der Waals surface area contributed by atoms with Gasteiger partial charge in [0.05, 0.1) is 27.8 Å². The van der Waals surface area contributed by atoms with E-state index in [1.807, 2.05) is 13.8 Å². The second-order valence-electron chi connectivity index (χ2n) is 12.0. The van der Waals surface area contributed by atoms with E-state index in [0.29, 0.717) is 5.56 Å². The molecular weight excluding hydrogens is 632 g/mol. The summed E-state index contributed by atoms with van der Waals surface area (Å²) in [6.07, 6.45) is 0. The molecule has 0 saturated heterocycles. The van der Waals surface area contributed by atoms with Crippen LogP contribution in [0.2, 0.25) is 0 Å². The molecule has 0 N–H and O–H groups in total. The first-order valence-electron chi connectivity index (χ1n) is 15.8. The van der Waals surface area contributed by atoms with E-state index in [0.717, 1.165) is 11.1 Å². The largest absolute Gasteiger partial charge is 0.423 e. The van der Waals surface area contributed by atoms with Gasteiger partial charge in [0.25, 0.3) is 0 Å². The Balaban J connectivity index is 1.45. The highest BCUT2D eigenvalue weighted by Crippen LogP contribution is 2.47. The molecule has 0 spiro atoms. The molecule has 0 radical (unpaired) electrons. The van der Waals surface area contributed by atoms with Crippen LogP contribution in [0, 0.1) is 20.8 Å². The number of Topliss-reactive ketones (excluding diaryl/α,β-unsaturated/α-hetero) is 2. The van der Waals surface area contributed by atoms with E-state index in [1.165, 1.54) is 12.1 Å². The van der Waals surface area contributed by atoms with Crippen LogP contribution in [-0.2, 0) is 9.47 Å². The van der Waals surface area contributed by atoms with Crippen LogP contribution < -0.4 is 4.74 Å². The molecule has 5 aromatic rings. The van der Waals surface area contributed by atoms with E-state index < -0.39 is 29.5 Å². The van der Waals surface area contributed by atoms with Gasteiger partial charge in [0.2, 0.25) is 0 Å². The third-order valence-corrected chi connectivity index (χ3v) is 8.64. The van der Waals surface area contributed by atoms with E-state index in [4.69, 9.17) is 14.2 Å². The Morgan fingerprint density at radius 3 is 1.50 bits per heavy atom. The third-order valence-electron chi connectivity index (χ3n) is 8.64. The zero-order chi connectivity index (χ0) is 35.1. The number of fused-ring (bicyclic) bond motifs is 3. The topological polar surface area (TPSA) is 113 Å². The number of aryl methyl sites for hydroxylation is 2. The second-order valence-corrected chi connectivity index (χ2v) is 12.0. The summed E-state index contributed by atoms with van der Waals surface area (Å²) < 4.78 is 17.8. The van der Waals surface area contributed by atoms with E-state index in [2.05, 4.69) is 0 Å². The Bertz CT molecular complexity index is 2330. The van der Waals surface area contributed by atoms with Crippen molar-refractivity contribution in [1.82, 2.24) is 0 Å². The van der Waals surface area contributed by atoms with Gasteiger partial charge in [0.15, 0.2) is 23.1 Å². The number of esters is 3. The fourth-order valence-corrected chi connectivity index (χ4v) is 5.98. The predicted molar refractivity (Wildman–Crippen MR) is 185 cm³/mol. The van der Waals surface area contributed by atoms with Gasteiger partial charge in [-0.3, -0.25) is 9.59 Å². The maximum absolute atomic E-state index is 14.5. The van der Waals surface area contributed by atoms with Gasteiger partial charge in [-0.05, 0) is 69.3 Å². The number of carbonyl (C=O) groups is 5. The Morgan fingerprint density at radius 1 is 0.440 bits per heavy atom. The Hall–Kier alpha value is -6.67. The van der Waals surface area contributed by atoms with Crippen LogP contribution in [-0.4, -0.2) is 29.5 Å². The number of rotatable bonds is 6. The second kappa shape index (κ2) is 12.7. The molecule has 0 aliphatic heterocycles. The molecule has 0 aromatic heterocycles. The van der Waals surface area contributed by atoms with Crippen LogP contribution in [0.1, 0.15) is 79.6 Å². The normalized spacial score (nSPS) is 13.3. The van der Waals surface area contributed by atoms with Crippen molar-refractivity contribution in [3.05, 3.63) is 182 Å². The summed E-state index contributed by atoms with van der Waals surface area (Å²) in [7, 11) is 0. The van der Waals surface area contributed by atoms with Crippen LogP contribution in [0.25, 0.3) is 11.5 Å². The summed E-state index contributed by atoms with van der Waals surface area (Å²) in [6.45, 7) is 5.36. The molecule has 7 rings (SSSR count). The SMILES string of the molecule is Cc1ccc(C(=O)OC2=C3C(=O)c4ccc(OC(=O)c5ccccc5)c(C)c4C(OC(=O)c4ccc(C)cc4)=C3C(=O)c3ccccc32)cc1. The van der Waals surface area contributed by atoms with Crippen LogP contribution in [0.3, 0.4) is 0 Å². The molecule has 0 heterocycles. The highest BCUT2D eigenvalue weighted by atomic mass is 16.5. The molecule has 2 aliphatic carbocycles. The maximum atomic E-state index is 14.5. The van der Waals surface area contributed by atoms with Gasteiger partial charge in [-0.25, -0.2) is 14.4 Å². The highest BCUT2D eigenvalue weighted by molar-refractivity contribution is 6.34. The number of carbonyl (C=O) groups excluding carboxylic acids is 5. The van der Waals surface area contributed by atoms with Gasteiger partial charge in [-0.2, -0.15) is 0 Å². The summed E-state index contributed by atoms with van der Waals surface area (Å²) in [5, 5.41) is 0.